The Morgan fingerprint density at radius 1 is 1.53 bits per heavy atom. The van der Waals surface area contributed by atoms with Gasteiger partial charge in [0, 0.05) is 16.6 Å². The van der Waals surface area contributed by atoms with Crippen molar-refractivity contribution in [1.82, 2.24) is 0 Å². The third-order valence-corrected chi connectivity index (χ3v) is 3.30. The number of carbonyl (C=O) groups is 1. The SMILES string of the molecule is CCOC(=O)Cc1cc([N+](=O)[O-])cc(C)c1Br. The molecule has 92 valence electrons. The maximum atomic E-state index is 11.3. The lowest BCUT2D eigenvalue weighted by atomic mass is 10.1. The molecule has 0 saturated heterocycles. The summed E-state index contributed by atoms with van der Waals surface area (Å²) in [7, 11) is 0. The Kier molecular flexibility index (Phi) is 4.62. The number of non-ortho nitro benzene ring substituents is 1. The Morgan fingerprint density at radius 2 is 2.18 bits per heavy atom. The number of nitro benzene ring substituents is 1. The average molecular weight is 302 g/mol. The van der Waals surface area contributed by atoms with E-state index in [4.69, 9.17) is 4.74 Å². The fraction of sp³-hybridized carbons (Fsp3) is 0.364. The van der Waals surface area contributed by atoms with E-state index in [0.29, 0.717) is 16.6 Å². The second-order valence-corrected chi connectivity index (χ2v) is 4.27. The van der Waals surface area contributed by atoms with E-state index in [9.17, 15) is 14.9 Å². The lowest BCUT2D eigenvalue weighted by Crippen LogP contribution is -2.08. The first kappa shape index (κ1) is 13.6. The Balaban J connectivity index is 3.05. The van der Waals surface area contributed by atoms with E-state index in [1.54, 1.807) is 13.8 Å². The van der Waals surface area contributed by atoms with E-state index in [1.165, 1.54) is 12.1 Å². The summed E-state index contributed by atoms with van der Waals surface area (Å²) in [5, 5.41) is 10.7. The van der Waals surface area contributed by atoms with Gasteiger partial charge in [0.2, 0.25) is 0 Å². The van der Waals surface area contributed by atoms with Gasteiger partial charge in [-0.15, -0.1) is 0 Å². The quantitative estimate of drug-likeness (QED) is 0.487. The molecule has 0 aromatic heterocycles. The molecule has 0 aliphatic carbocycles. The smallest absolute Gasteiger partial charge is 0.310 e. The maximum absolute atomic E-state index is 11.3. The van der Waals surface area contributed by atoms with Gasteiger partial charge in [-0.05, 0) is 25.0 Å². The summed E-state index contributed by atoms with van der Waals surface area (Å²) < 4.78 is 5.52. The minimum atomic E-state index is -0.478. The van der Waals surface area contributed by atoms with Crippen molar-refractivity contribution in [2.75, 3.05) is 6.61 Å². The van der Waals surface area contributed by atoms with Gasteiger partial charge in [0.05, 0.1) is 18.0 Å². The molecule has 0 radical (unpaired) electrons. The first-order valence-corrected chi connectivity index (χ1v) is 5.84. The maximum Gasteiger partial charge on any atom is 0.310 e. The zero-order valence-electron chi connectivity index (χ0n) is 9.53. The van der Waals surface area contributed by atoms with Crippen LogP contribution in [0.3, 0.4) is 0 Å². The molecular weight excluding hydrogens is 290 g/mol. The van der Waals surface area contributed by atoms with Crippen molar-refractivity contribution >= 4 is 27.6 Å². The van der Waals surface area contributed by atoms with Crippen LogP contribution >= 0.6 is 15.9 Å². The normalized spacial score (nSPS) is 10.1. The van der Waals surface area contributed by atoms with Crippen LogP contribution in [0.15, 0.2) is 16.6 Å². The molecule has 0 saturated carbocycles. The number of carbonyl (C=O) groups excluding carboxylic acids is 1. The van der Waals surface area contributed by atoms with E-state index in [2.05, 4.69) is 15.9 Å². The van der Waals surface area contributed by atoms with Gasteiger partial charge >= 0.3 is 5.97 Å². The van der Waals surface area contributed by atoms with Gasteiger partial charge in [-0.3, -0.25) is 14.9 Å². The van der Waals surface area contributed by atoms with Crippen molar-refractivity contribution in [1.29, 1.82) is 0 Å². The van der Waals surface area contributed by atoms with E-state index >= 15 is 0 Å². The van der Waals surface area contributed by atoms with Crippen LogP contribution in [0.4, 0.5) is 5.69 Å². The van der Waals surface area contributed by atoms with Crippen molar-refractivity contribution in [3.8, 4) is 0 Å². The number of nitro groups is 1. The van der Waals surface area contributed by atoms with Crippen molar-refractivity contribution in [3.05, 3.63) is 37.8 Å². The largest absolute Gasteiger partial charge is 0.466 e. The highest BCUT2D eigenvalue weighted by Gasteiger charge is 2.15. The van der Waals surface area contributed by atoms with Gasteiger partial charge < -0.3 is 4.74 Å². The molecular formula is C11H12BrNO4. The Morgan fingerprint density at radius 3 is 2.71 bits per heavy atom. The first-order chi connectivity index (χ1) is 7.95. The molecule has 0 spiro atoms. The highest BCUT2D eigenvalue weighted by Crippen LogP contribution is 2.27. The molecule has 1 rings (SSSR count). The molecule has 0 bridgehead atoms. The van der Waals surface area contributed by atoms with Crippen LogP contribution < -0.4 is 0 Å². The minimum absolute atomic E-state index is 0.0231. The third-order valence-electron chi connectivity index (χ3n) is 2.17. The van der Waals surface area contributed by atoms with Crippen molar-refractivity contribution in [2.24, 2.45) is 0 Å². The molecule has 0 fully saturated rings. The second kappa shape index (κ2) is 5.77. The average Bonchev–Trinajstić information content (AvgIpc) is 2.24. The topological polar surface area (TPSA) is 69.4 Å². The summed E-state index contributed by atoms with van der Waals surface area (Å²) in [4.78, 5) is 21.6. The van der Waals surface area contributed by atoms with Gasteiger partial charge in [-0.1, -0.05) is 15.9 Å². The van der Waals surface area contributed by atoms with E-state index in [-0.39, 0.29) is 12.1 Å². The van der Waals surface area contributed by atoms with Crippen LogP contribution in [0.25, 0.3) is 0 Å². The van der Waals surface area contributed by atoms with E-state index in [0.717, 1.165) is 5.56 Å². The number of rotatable bonds is 4. The molecule has 5 nitrogen and oxygen atoms in total. The number of halogens is 1. The van der Waals surface area contributed by atoms with Gasteiger partial charge in [-0.25, -0.2) is 0 Å². The Labute approximate surface area is 107 Å². The second-order valence-electron chi connectivity index (χ2n) is 3.47. The minimum Gasteiger partial charge on any atom is -0.466 e. The Bertz CT molecular complexity index is 459. The molecule has 0 amide bonds. The summed E-state index contributed by atoms with van der Waals surface area (Å²) in [5.41, 5.74) is 1.26. The molecule has 0 N–H and O–H groups in total. The number of hydrogen-bond donors (Lipinski definition) is 0. The van der Waals surface area contributed by atoms with Gasteiger partial charge in [0.25, 0.3) is 5.69 Å². The molecule has 6 heteroatoms. The monoisotopic (exact) mass is 301 g/mol. The summed E-state index contributed by atoms with van der Waals surface area (Å²) >= 11 is 3.31. The summed E-state index contributed by atoms with van der Waals surface area (Å²) in [5.74, 6) is -0.395. The van der Waals surface area contributed by atoms with Crippen LogP contribution in [0.5, 0.6) is 0 Å². The highest BCUT2D eigenvalue weighted by molar-refractivity contribution is 9.10. The number of nitrogens with zero attached hydrogens (tertiary/aromatic N) is 1. The summed E-state index contributed by atoms with van der Waals surface area (Å²) in [6, 6.07) is 2.84. The lowest BCUT2D eigenvalue weighted by molar-refractivity contribution is -0.385. The zero-order valence-corrected chi connectivity index (χ0v) is 11.1. The van der Waals surface area contributed by atoms with Crippen LogP contribution in [0.2, 0.25) is 0 Å². The van der Waals surface area contributed by atoms with Crippen LogP contribution in [0, 0.1) is 17.0 Å². The molecule has 0 unspecified atom stereocenters. The van der Waals surface area contributed by atoms with Crippen LogP contribution in [-0.2, 0) is 16.0 Å². The number of ether oxygens (including phenoxy) is 1. The number of aryl methyl sites for hydroxylation is 1. The molecule has 0 aliphatic heterocycles. The molecule has 1 aromatic carbocycles. The molecule has 0 atom stereocenters. The molecule has 0 heterocycles. The fourth-order valence-electron chi connectivity index (χ4n) is 1.42. The van der Waals surface area contributed by atoms with E-state index < -0.39 is 10.9 Å². The predicted octanol–water partition coefficient (Wildman–Crippen LogP) is 2.77. The lowest BCUT2D eigenvalue weighted by Gasteiger charge is -2.07. The molecule has 0 aliphatic rings. The van der Waals surface area contributed by atoms with Gasteiger partial charge in [0.1, 0.15) is 0 Å². The fourth-order valence-corrected chi connectivity index (χ4v) is 1.79. The highest BCUT2D eigenvalue weighted by atomic mass is 79.9. The zero-order chi connectivity index (χ0) is 13.0. The summed E-state index contributed by atoms with van der Waals surface area (Å²) in [6.07, 6.45) is 0.0247. The van der Waals surface area contributed by atoms with Crippen molar-refractivity contribution < 1.29 is 14.5 Å². The van der Waals surface area contributed by atoms with Crippen LogP contribution in [0.1, 0.15) is 18.1 Å². The number of esters is 1. The third kappa shape index (κ3) is 3.52. The van der Waals surface area contributed by atoms with Gasteiger partial charge in [0.15, 0.2) is 0 Å². The van der Waals surface area contributed by atoms with Gasteiger partial charge in [-0.2, -0.15) is 0 Å². The molecule has 17 heavy (non-hydrogen) atoms. The first-order valence-electron chi connectivity index (χ1n) is 5.04. The number of hydrogen-bond acceptors (Lipinski definition) is 4. The van der Waals surface area contributed by atoms with Crippen molar-refractivity contribution in [3.63, 3.8) is 0 Å². The number of benzene rings is 1. The van der Waals surface area contributed by atoms with E-state index in [1.807, 2.05) is 0 Å². The van der Waals surface area contributed by atoms with Crippen molar-refractivity contribution in [2.45, 2.75) is 20.3 Å². The standard InChI is InChI=1S/C11H12BrNO4/c1-3-17-10(14)6-8-5-9(13(15)16)4-7(2)11(8)12/h4-5H,3,6H2,1-2H3. The summed E-state index contributed by atoms with van der Waals surface area (Å²) in [6.45, 7) is 3.75. The Hall–Kier alpha value is -1.43. The predicted molar refractivity (Wildman–Crippen MR) is 65.9 cm³/mol. The van der Waals surface area contributed by atoms with Crippen LogP contribution in [-0.4, -0.2) is 17.5 Å². The molecule has 1 aromatic rings.